The van der Waals surface area contributed by atoms with Crippen LogP contribution in [0, 0.1) is 12.3 Å². The molecule has 5 heteroatoms. The molecule has 0 radical (unpaired) electrons. The molecule has 1 spiro atoms. The number of aliphatic hydroxyl groups is 1. The van der Waals surface area contributed by atoms with Gasteiger partial charge in [-0.15, -0.1) is 0 Å². The number of halogens is 1. The second kappa shape index (κ2) is 6.09. The quantitative estimate of drug-likeness (QED) is 0.826. The maximum Gasteiger partial charge on any atom is 0.321 e. The van der Waals surface area contributed by atoms with E-state index < -0.39 is 0 Å². The highest BCUT2D eigenvalue weighted by Gasteiger charge is 2.45. The first-order valence-electron chi connectivity index (χ1n) is 8.01. The number of amides is 2. The van der Waals surface area contributed by atoms with Gasteiger partial charge in [0, 0.05) is 29.2 Å². The van der Waals surface area contributed by atoms with Gasteiger partial charge in [0.25, 0.3) is 0 Å². The smallest absolute Gasteiger partial charge is 0.321 e. The molecule has 2 atom stereocenters. The summed E-state index contributed by atoms with van der Waals surface area (Å²) in [6.07, 6.45) is 4.66. The van der Waals surface area contributed by atoms with Gasteiger partial charge in [-0.05, 0) is 50.3 Å². The number of carbonyl (C=O) groups excluding carboxylic acids is 1. The molecule has 2 fully saturated rings. The maximum atomic E-state index is 12.6. The van der Waals surface area contributed by atoms with Gasteiger partial charge < -0.3 is 15.3 Å². The van der Waals surface area contributed by atoms with Gasteiger partial charge in [-0.25, -0.2) is 4.79 Å². The molecule has 1 heterocycles. The Morgan fingerprint density at radius 2 is 2.18 bits per heavy atom. The van der Waals surface area contributed by atoms with Gasteiger partial charge in [-0.1, -0.05) is 24.1 Å². The highest BCUT2D eigenvalue weighted by molar-refractivity contribution is 6.31. The summed E-state index contributed by atoms with van der Waals surface area (Å²) in [6, 6.07) is 5.42. The first kappa shape index (κ1) is 15.6. The van der Waals surface area contributed by atoms with Gasteiger partial charge >= 0.3 is 6.03 Å². The minimum Gasteiger partial charge on any atom is -0.392 e. The van der Waals surface area contributed by atoms with Gasteiger partial charge in [0.2, 0.25) is 0 Å². The summed E-state index contributed by atoms with van der Waals surface area (Å²) >= 11 is 6.10. The summed E-state index contributed by atoms with van der Waals surface area (Å²) in [6.45, 7) is 3.30. The molecule has 1 aliphatic heterocycles. The lowest BCUT2D eigenvalue weighted by atomic mass is 9.77. The molecule has 1 aliphatic carbocycles. The van der Waals surface area contributed by atoms with Crippen LogP contribution in [0.15, 0.2) is 18.2 Å². The number of nitrogens with one attached hydrogen (secondary N) is 1. The van der Waals surface area contributed by atoms with E-state index in [4.69, 9.17) is 11.6 Å². The Balaban J connectivity index is 1.71. The Morgan fingerprint density at radius 1 is 1.41 bits per heavy atom. The molecule has 1 unspecified atom stereocenters. The fraction of sp³-hybridized carbons (Fsp3) is 0.588. The number of anilines is 1. The van der Waals surface area contributed by atoms with Gasteiger partial charge in [-0.3, -0.25) is 0 Å². The Hall–Kier alpha value is -1.26. The summed E-state index contributed by atoms with van der Waals surface area (Å²) in [5.74, 6) is 0. The summed E-state index contributed by atoms with van der Waals surface area (Å²) < 4.78 is 0. The summed E-state index contributed by atoms with van der Waals surface area (Å²) in [4.78, 5) is 14.4. The Morgan fingerprint density at radius 3 is 2.91 bits per heavy atom. The number of rotatable bonds is 1. The number of carbonyl (C=O) groups is 1. The minimum atomic E-state index is -0.268. The molecule has 4 nitrogen and oxygen atoms in total. The second-order valence-electron chi connectivity index (χ2n) is 6.64. The molecule has 1 saturated carbocycles. The van der Waals surface area contributed by atoms with Gasteiger partial charge in [0.1, 0.15) is 0 Å². The third kappa shape index (κ3) is 2.82. The van der Waals surface area contributed by atoms with Crippen LogP contribution in [0.5, 0.6) is 0 Å². The predicted molar refractivity (Wildman–Crippen MR) is 88.3 cm³/mol. The zero-order valence-corrected chi connectivity index (χ0v) is 13.7. The molecule has 1 aromatic rings. The van der Waals surface area contributed by atoms with Crippen molar-refractivity contribution in [3.63, 3.8) is 0 Å². The number of likely N-dealkylation sites (tertiary alicyclic amines) is 1. The van der Waals surface area contributed by atoms with Crippen molar-refractivity contribution < 1.29 is 9.90 Å². The van der Waals surface area contributed by atoms with Crippen molar-refractivity contribution in [1.29, 1.82) is 0 Å². The van der Waals surface area contributed by atoms with E-state index in [0.29, 0.717) is 11.6 Å². The van der Waals surface area contributed by atoms with E-state index in [1.165, 1.54) is 0 Å². The van der Waals surface area contributed by atoms with E-state index in [9.17, 15) is 9.90 Å². The Bertz CT molecular complexity index is 578. The molecule has 3 rings (SSSR count). The third-order valence-corrected chi connectivity index (χ3v) is 5.67. The SMILES string of the molecule is Cc1c(Cl)cccc1NC(=O)N1CCC[C@]2(CCCC2O)C1. The number of nitrogens with zero attached hydrogens (tertiary/aromatic N) is 1. The lowest BCUT2D eigenvalue weighted by molar-refractivity contribution is 0.00400. The largest absolute Gasteiger partial charge is 0.392 e. The number of aliphatic hydroxyl groups excluding tert-OH is 1. The Labute approximate surface area is 136 Å². The van der Waals surface area contributed by atoms with Gasteiger partial charge in [-0.2, -0.15) is 0 Å². The van der Waals surface area contributed by atoms with Crippen LogP contribution >= 0.6 is 11.6 Å². The van der Waals surface area contributed by atoms with Crippen molar-refractivity contribution in [3.8, 4) is 0 Å². The summed E-state index contributed by atoms with van der Waals surface area (Å²) in [7, 11) is 0. The number of hydrogen-bond donors (Lipinski definition) is 2. The van der Waals surface area contributed by atoms with Crippen LogP contribution in [0.4, 0.5) is 10.5 Å². The van der Waals surface area contributed by atoms with E-state index in [1.807, 2.05) is 30.0 Å². The average Bonchev–Trinajstić information content (AvgIpc) is 2.84. The van der Waals surface area contributed by atoms with Crippen LogP contribution in [0.1, 0.15) is 37.7 Å². The molecule has 2 N–H and O–H groups in total. The standard InChI is InChI=1S/C17H23ClN2O2/c1-12-13(18)5-2-6-14(12)19-16(22)20-10-4-9-17(11-20)8-3-7-15(17)21/h2,5-6,15,21H,3-4,7-11H2,1H3,(H,19,22)/t15?,17-/m1/s1. The molecule has 1 aromatic carbocycles. The average molecular weight is 323 g/mol. The van der Waals surface area contributed by atoms with E-state index >= 15 is 0 Å². The molecular weight excluding hydrogens is 300 g/mol. The van der Waals surface area contributed by atoms with Crippen molar-refractivity contribution >= 4 is 23.3 Å². The lowest BCUT2D eigenvalue weighted by Gasteiger charge is -2.42. The van der Waals surface area contributed by atoms with Crippen LogP contribution < -0.4 is 5.32 Å². The number of hydrogen-bond acceptors (Lipinski definition) is 2. The maximum absolute atomic E-state index is 12.6. The van der Waals surface area contributed by atoms with Crippen LogP contribution in [-0.2, 0) is 0 Å². The van der Waals surface area contributed by atoms with Gasteiger partial charge in [0.05, 0.1) is 6.10 Å². The van der Waals surface area contributed by atoms with Gasteiger partial charge in [0.15, 0.2) is 0 Å². The normalized spacial score (nSPS) is 28.1. The zero-order chi connectivity index (χ0) is 15.7. The molecular formula is C17H23ClN2O2. The molecule has 120 valence electrons. The first-order chi connectivity index (χ1) is 10.5. The van der Waals surface area contributed by atoms with Crippen LogP contribution in [-0.4, -0.2) is 35.2 Å². The van der Waals surface area contributed by atoms with Crippen LogP contribution in [0.25, 0.3) is 0 Å². The summed E-state index contributed by atoms with van der Waals surface area (Å²) in [5, 5.41) is 13.9. The van der Waals surface area contributed by atoms with Crippen molar-refractivity contribution in [3.05, 3.63) is 28.8 Å². The highest BCUT2D eigenvalue weighted by Crippen LogP contribution is 2.45. The van der Waals surface area contributed by atoms with Crippen molar-refractivity contribution in [2.24, 2.45) is 5.41 Å². The molecule has 0 bridgehead atoms. The van der Waals surface area contributed by atoms with E-state index in [1.54, 1.807) is 0 Å². The topological polar surface area (TPSA) is 52.6 Å². The number of benzene rings is 1. The van der Waals surface area contributed by atoms with E-state index in [0.717, 1.165) is 49.9 Å². The fourth-order valence-electron chi connectivity index (χ4n) is 3.87. The third-order valence-electron chi connectivity index (χ3n) is 5.26. The molecule has 22 heavy (non-hydrogen) atoms. The lowest BCUT2D eigenvalue weighted by Crippen LogP contribution is -2.50. The first-order valence-corrected chi connectivity index (χ1v) is 8.39. The second-order valence-corrected chi connectivity index (χ2v) is 7.05. The monoisotopic (exact) mass is 322 g/mol. The molecule has 1 saturated heterocycles. The van der Waals surface area contributed by atoms with E-state index in [-0.39, 0.29) is 17.6 Å². The number of piperidine rings is 1. The van der Waals surface area contributed by atoms with Crippen molar-refractivity contribution in [2.45, 2.75) is 45.1 Å². The van der Waals surface area contributed by atoms with Crippen molar-refractivity contribution in [2.75, 3.05) is 18.4 Å². The summed E-state index contributed by atoms with van der Waals surface area (Å²) in [5.41, 5.74) is 1.55. The molecule has 0 aromatic heterocycles. The zero-order valence-electron chi connectivity index (χ0n) is 12.9. The fourth-order valence-corrected chi connectivity index (χ4v) is 4.04. The van der Waals surface area contributed by atoms with E-state index in [2.05, 4.69) is 5.32 Å². The van der Waals surface area contributed by atoms with Crippen LogP contribution in [0.2, 0.25) is 5.02 Å². The minimum absolute atomic E-state index is 0.0844. The van der Waals surface area contributed by atoms with Crippen LogP contribution in [0.3, 0.4) is 0 Å². The Kier molecular flexibility index (Phi) is 4.33. The predicted octanol–water partition coefficient (Wildman–Crippen LogP) is 3.81. The highest BCUT2D eigenvalue weighted by atomic mass is 35.5. The van der Waals surface area contributed by atoms with Crippen molar-refractivity contribution in [1.82, 2.24) is 4.90 Å². The molecule has 2 amide bonds. The molecule has 2 aliphatic rings. The number of urea groups is 1.